The number of benzene rings is 1. The number of esters is 1. The minimum atomic E-state index is -1.09. The molecule has 4 N–H and O–H groups in total. The third-order valence-corrected chi connectivity index (χ3v) is 5.53. The summed E-state index contributed by atoms with van der Waals surface area (Å²) in [6, 6.07) is 7.85. The molecule has 0 radical (unpaired) electrons. The molecule has 0 unspecified atom stereocenters. The van der Waals surface area contributed by atoms with E-state index >= 15 is 0 Å². The van der Waals surface area contributed by atoms with Crippen LogP contribution < -0.4 is 11.5 Å². The van der Waals surface area contributed by atoms with E-state index in [9.17, 15) is 9.59 Å². The van der Waals surface area contributed by atoms with Gasteiger partial charge >= 0.3 is 5.97 Å². The summed E-state index contributed by atoms with van der Waals surface area (Å²) in [6.07, 6.45) is 3.31. The number of anilines is 1. The minimum absolute atomic E-state index is 0.220. The van der Waals surface area contributed by atoms with E-state index in [-0.39, 0.29) is 6.61 Å². The number of ether oxygens (including phenoxy) is 1. The molecule has 0 aliphatic heterocycles. The van der Waals surface area contributed by atoms with Crippen LogP contribution >= 0.6 is 0 Å². The number of nitrogens with two attached hydrogens (primary N) is 2. The molecular weight excluding hydrogens is 370 g/mol. The Balaban J connectivity index is 1.58. The second-order valence-corrected chi connectivity index (χ2v) is 7.58. The van der Waals surface area contributed by atoms with Gasteiger partial charge in [-0.1, -0.05) is 25.1 Å². The van der Waals surface area contributed by atoms with Gasteiger partial charge in [-0.3, -0.25) is 9.59 Å². The Morgan fingerprint density at radius 1 is 1.24 bits per heavy atom. The SMILES string of the molecule is CCCc1nc2c(N)nc3ccccc3c2n1CCCOC(=O)C1(C(N)=O)CC1. The Labute approximate surface area is 168 Å². The molecule has 1 aliphatic rings. The molecule has 3 aromatic rings. The lowest BCUT2D eigenvalue weighted by atomic mass is 10.1. The van der Waals surface area contributed by atoms with Crippen LogP contribution in [0.3, 0.4) is 0 Å². The van der Waals surface area contributed by atoms with Gasteiger partial charge in [0, 0.05) is 18.4 Å². The lowest BCUT2D eigenvalue weighted by molar-refractivity contribution is -0.153. The van der Waals surface area contributed by atoms with Crippen LogP contribution in [0, 0.1) is 5.41 Å². The van der Waals surface area contributed by atoms with E-state index in [4.69, 9.17) is 21.2 Å². The van der Waals surface area contributed by atoms with E-state index in [1.165, 1.54) is 0 Å². The van der Waals surface area contributed by atoms with Crippen LogP contribution in [0.2, 0.25) is 0 Å². The van der Waals surface area contributed by atoms with Crippen molar-refractivity contribution in [3.05, 3.63) is 30.1 Å². The van der Waals surface area contributed by atoms with Crippen LogP contribution in [0.5, 0.6) is 0 Å². The molecule has 1 aliphatic carbocycles. The van der Waals surface area contributed by atoms with E-state index in [1.807, 2.05) is 24.3 Å². The Kier molecular flexibility index (Phi) is 4.86. The van der Waals surface area contributed by atoms with Crippen molar-refractivity contribution < 1.29 is 14.3 Å². The summed E-state index contributed by atoms with van der Waals surface area (Å²) >= 11 is 0. The first-order valence-electron chi connectivity index (χ1n) is 9.98. The number of para-hydroxylation sites is 1. The average molecular weight is 395 g/mol. The summed E-state index contributed by atoms with van der Waals surface area (Å²) in [5, 5.41) is 0.995. The van der Waals surface area contributed by atoms with Crippen LogP contribution in [-0.4, -0.2) is 33.0 Å². The highest BCUT2D eigenvalue weighted by Crippen LogP contribution is 2.46. The molecule has 29 heavy (non-hydrogen) atoms. The van der Waals surface area contributed by atoms with Crippen LogP contribution in [0.4, 0.5) is 5.82 Å². The summed E-state index contributed by atoms with van der Waals surface area (Å²) in [6.45, 7) is 2.94. The lowest BCUT2D eigenvalue weighted by Gasteiger charge is -2.13. The average Bonchev–Trinajstić information content (AvgIpc) is 3.44. The predicted octanol–water partition coefficient (Wildman–Crippen LogP) is 2.32. The summed E-state index contributed by atoms with van der Waals surface area (Å²) < 4.78 is 7.49. The number of aryl methyl sites for hydroxylation is 2. The summed E-state index contributed by atoms with van der Waals surface area (Å²) in [5.41, 5.74) is 12.9. The highest BCUT2D eigenvalue weighted by molar-refractivity contribution is 6.06. The number of hydrogen-bond acceptors (Lipinski definition) is 6. The van der Waals surface area contributed by atoms with Crippen LogP contribution in [-0.2, 0) is 27.3 Å². The number of amides is 1. The minimum Gasteiger partial charge on any atom is -0.465 e. The maximum absolute atomic E-state index is 12.2. The predicted molar refractivity (Wildman–Crippen MR) is 110 cm³/mol. The zero-order valence-corrected chi connectivity index (χ0v) is 16.5. The second kappa shape index (κ2) is 7.35. The molecule has 152 valence electrons. The maximum Gasteiger partial charge on any atom is 0.321 e. The van der Waals surface area contributed by atoms with Gasteiger partial charge in [-0.05, 0) is 31.7 Å². The third kappa shape index (κ3) is 3.28. The number of hydrogen-bond donors (Lipinski definition) is 2. The van der Waals surface area contributed by atoms with E-state index in [0.29, 0.717) is 37.1 Å². The van der Waals surface area contributed by atoms with E-state index in [0.717, 1.165) is 35.1 Å². The van der Waals surface area contributed by atoms with Crippen LogP contribution in [0.15, 0.2) is 24.3 Å². The van der Waals surface area contributed by atoms with E-state index in [1.54, 1.807) is 0 Å². The fraction of sp³-hybridized carbons (Fsp3) is 0.429. The number of carbonyl (C=O) groups is 2. The number of imidazole rings is 1. The topological polar surface area (TPSA) is 126 Å². The first-order valence-corrected chi connectivity index (χ1v) is 9.98. The van der Waals surface area contributed by atoms with Gasteiger partial charge in [-0.15, -0.1) is 0 Å². The molecule has 2 aromatic heterocycles. The van der Waals surface area contributed by atoms with E-state index in [2.05, 4.69) is 16.5 Å². The monoisotopic (exact) mass is 395 g/mol. The molecule has 1 amide bonds. The van der Waals surface area contributed by atoms with Crippen molar-refractivity contribution in [1.29, 1.82) is 0 Å². The highest BCUT2D eigenvalue weighted by Gasteiger charge is 2.56. The number of pyridine rings is 1. The molecule has 4 rings (SSSR count). The van der Waals surface area contributed by atoms with Gasteiger partial charge in [0.25, 0.3) is 0 Å². The molecule has 0 atom stereocenters. The highest BCUT2D eigenvalue weighted by atomic mass is 16.5. The normalized spacial score (nSPS) is 14.9. The van der Waals surface area contributed by atoms with Crippen molar-refractivity contribution in [3.8, 4) is 0 Å². The van der Waals surface area contributed by atoms with Gasteiger partial charge < -0.3 is 20.8 Å². The Hall–Kier alpha value is -3.16. The van der Waals surface area contributed by atoms with Gasteiger partial charge in [0.2, 0.25) is 5.91 Å². The molecule has 0 bridgehead atoms. The molecule has 1 fully saturated rings. The standard InChI is InChI=1S/C21H25N5O3/c1-2-6-15-25-16-17(13-7-3-4-8-14(13)24-18(16)22)26(15)11-5-12-29-20(28)21(9-10-21)19(23)27/h3-4,7-8H,2,5-6,9-12H2,1H3,(H2,22,24)(H2,23,27). The van der Waals surface area contributed by atoms with Crippen LogP contribution in [0.25, 0.3) is 21.9 Å². The van der Waals surface area contributed by atoms with Crippen molar-refractivity contribution >= 4 is 39.6 Å². The molecule has 8 heteroatoms. The summed E-state index contributed by atoms with van der Waals surface area (Å²) in [5.74, 6) is 0.254. The molecule has 0 spiro atoms. The summed E-state index contributed by atoms with van der Waals surface area (Å²) in [7, 11) is 0. The van der Waals surface area contributed by atoms with Gasteiger partial charge in [-0.2, -0.15) is 0 Å². The fourth-order valence-corrected chi connectivity index (χ4v) is 3.76. The number of primary amides is 1. The van der Waals surface area contributed by atoms with Gasteiger partial charge in [0.05, 0.1) is 17.6 Å². The van der Waals surface area contributed by atoms with Crippen molar-refractivity contribution in [2.75, 3.05) is 12.3 Å². The second-order valence-electron chi connectivity index (χ2n) is 7.58. The maximum atomic E-state index is 12.2. The molecule has 8 nitrogen and oxygen atoms in total. The van der Waals surface area contributed by atoms with Crippen molar-refractivity contribution in [3.63, 3.8) is 0 Å². The Bertz CT molecular complexity index is 1100. The van der Waals surface area contributed by atoms with Gasteiger partial charge in [-0.25, -0.2) is 9.97 Å². The quantitative estimate of drug-likeness (QED) is 0.342. The number of fused-ring (bicyclic) bond motifs is 3. The number of aromatic nitrogens is 3. The number of nitrogens with zero attached hydrogens (tertiary/aromatic N) is 3. The van der Waals surface area contributed by atoms with Crippen LogP contribution in [0.1, 0.15) is 38.4 Å². The zero-order chi connectivity index (χ0) is 20.6. The summed E-state index contributed by atoms with van der Waals surface area (Å²) in [4.78, 5) is 32.8. The fourth-order valence-electron chi connectivity index (χ4n) is 3.76. The Morgan fingerprint density at radius 2 is 2.00 bits per heavy atom. The zero-order valence-electron chi connectivity index (χ0n) is 16.5. The number of carbonyl (C=O) groups excluding carboxylic acids is 2. The van der Waals surface area contributed by atoms with Crippen molar-refractivity contribution in [2.24, 2.45) is 11.1 Å². The van der Waals surface area contributed by atoms with Gasteiger partial charge in [0.15, 0.2) is 5.82 Å². The van der Waals surface area contributed by atoms with Gasteiger partial charge in [0.1, 0.15) is 16.8 Å². The van der Waals surface area contributed by atoms with Crippen molar-refractivity contribution in [2.45, 2.75) is 45.6 Å². The molecule has 1 saturated carbocycles. The Morgan fingerprint density at radius 3 is 2.69 bits per heavy atom. The third-order valence-electron chi connectivity index (χ3n) is 5.53. The molecule has 1 aromatic carbocycles. The van der Waals surface area contributed by atoms with Crippen molar-refractivity contribution in [1.82, 2.24) is 14.5 Å². The number of rotatable bonds is 8. The largest absolute Gasteiger partial charge is 0.465 e. The molecular formula is C21H25N5O3. The smallest absolute Gasteiger partial charge is 0.321 e. The number of nitrogen functional groups attached to an aromatic ring is 1. The lowest BCUT2D eigenvalue weighted by Crippen LogP contribution is -2.33. The first-order chi connectivity index (χ1) is 14.0. The van der Waals surface area contributed by atoms with E-state index < -0.39 is 17.3 Å². The first kappa shape index (κ1) is 19.2. The molecule has 2 heterocycles. The molecule has 0 saturated heterocycles.